The number of piperazine rings is 1. The first kappa shape index (κ1) is 17.0. The smallest absolute Gasteiger partial charge is 0.240 e. The molecule has 1 aromatic carbocycles. The van der Waals surface area contributed by atoms with Crippen molar-refractivity contribution in [2.75, 3.05) is 13.1 Å². The summed E-state index contributed by atoms with van der Waals surface area (Å²) in [6.07, 6.45) is 0.849. The Kier molecular flexibility index (Phi) is 4.63. The van der Waals surface area contributed by atoms with Gasteiger partial charge in [-0.05, 0) is 38.3 Å². The van der Waals surface area contributed by atoms with Crippen molar-refractivity contribution in [2.24, 2.45) is 0 Å². The van der Waals surface area contributed by atoms with E-state index in [4.69, 9.17) is 0 Å². The van der Waals surface area contributed by atoms with Crippen LogP contribution in [0.25, 0.3) is 0 Å². The summed E-state index contributed by atoms with van der Waals surface area (Å²) in [4.78, 5) is 28.3. The third-order valence-corrected chi connectivity index (χ3v) is 5.33. The van der Waals surface area contributed by atoms with Crippen LogP contribution < -0.4 is 5.32 Å². The van der Waals surface area contributed by atoms with Gasteiger partial charge in [0.05, 0.1) is 6.04 Å². The summed E-state index contributed by atoms with van der Waals surface area (Å²) in [5.74, 6) is 0.163. The van der Waals surface area contributed by atoms with Crippen LogP contribution in [0, 0.1) is 13.8 Å². The lowest BCUT2D eigenvalue weighted by atomic mass is 10.0. The fourth-order valence-corrected chi connectivity index (χ4v) is 4.02. The quantitative estimate of drug-likeness (QED) is 0.917. The molecule has 24 heavy (non-hydrogen) atoms. The molecule has 2 heterocycles. The van der Waals surface area contributed by atoms with E-state index in [9.17, 15) is 9.59 Å². The van der Waals surface area contributed by atoms with Gasteiger partial charge in [-0.15, -0.1) is 0 Å². The highest BCUT2D eigenvalue weighted by molar-refractivity contribution is 5.83. The van der Waals surface area contributed by atoms with E-state index in [-0.39, 0.29) is 29.9 Å². The molecule has 0 unspecified atom stereocenters. The summed E-state index contributed by atoms with van der Waals surface area (Å²) in [6, 6.07) is 6.68. The minimum atomic E-state index is -0.113. The van der Waals surface area contributed by atoms with Crippen molar-refractivity contribution in [1.82, 2.24) is 15.1 Å². The predicted octanol–water partition coefficient (Wildman–Crippen LogP) is 1.61. The molecule has 0 saturated carbocycles. The molecule has 0 radical (unpaired) electrons. The van der Waals surface area contributed by atoms with Gasteiger partial charge in [0, 0.05) is 38.6 Å². The van der Waals surface area contributed by atoms with E-state index in [1.165, 1.54) is 23.6 Å². The molecule has 1 N–H and O–H groups in total. The van der Waals surface area contributed by atoms with Crippen LogP contribution in [-0.2, 0) is 16.1 Å². The van der Waals surface area contributed by atoms with Crippen LogP contribution in [0.2, 0.25) is 0 Å². The molecule has 2 saturated heterocycles. The number of rotatable bonds is 3. The summed E-state index contributed by atoms with van der Waals surface area (Å²) in [7, 11) is 0. The Morgan fingerprint density at radius 2 is 2.04 bits per heavy atom. The molecule has 2 aliphatic heterocycles. The molecule has 2 amide bonds. The maximum atomic E-state index is 12.7. The van der Waals surface area contributed by atoms with Crippen LogP contribution in [-0.4, -0.2) is 52.8 Å². The Balaban J connectivity index is 1.72. The monoisotopic (exact) mass is 329 g/mol. The highest BCUT2D eigenvalue weighted by Gasteiger charge is 2.43. The molecular formula is C19H27N3O2. The Hall–Kier alpha value is -1.88. The average Bonchev–Trinajstić information content (AvgIpc) is 2.89. The van der Waals surface area contributed by atoms with Crippen molar-refractivity contribution >= 4 is 11.8 Å². The number of nitrogens with one attached hydrogen (secondary N) is 1. The van der Waals surface area contributed by atoms with Gasteiger partial charge in [-0.25, -0.2) is 0 Å². The number of hydrogen-bond acceptors (Lipinski definition) is 3. The fraction of sp³-hybridized carbons (Fsp3) is 0.579. The summed E-state index contributed by atoms with van der Waals surface area (Å²) >= 11 is 0. The van der Waals surface area contributed by atoms with E-state index in [1.54, 1.807) is 0 Å². The normalized spacial score (nSPS) is 27.2. The van der Waals surface area contributed by atoms with Crippen molar-refractivity contribution in [1.29, 1.82) is 0 Å². The second kappa shape index (κ2) is 6.55. The highest BCUT2D eigenvalue weighted by Crippen LogP contribution is 2.27. The summed E-state index contributed by atoms with van der Waals surface area (Å²) in [5.41, 5.74) is 3.82. The van der Waals surface area contributed by atoms with E-state index in [2.05, 4.69) is 42.3 Å². The van der Waals surface area contributed by atoms with Crippen molar-refractivity contribution in [3.63, 3.8) is 0 Å². The highest BCUT2D eigenvalue weighted by atomic mass is 16.2. The topological polar surface area (TPSA) is 52.7 Å². The lowest BCUT2D eigenvalue weighted by Gasteiger charge is -2.41. The largest absolute Gasteiger partial charge is 0.352 e. The van der Waals surface area contributed by atoms with Gasteiger partial charge in [0.15, 0.2) is 0 Å². The molecule has 130 valence electrons. The van der Waals surface area contributed by atoms with Crippen LogP contribution in [0.5, 0.6) is 0 Å². The van der Waals surface area contributed by atoms with Crippen molar-refractivity contribution in [3.8, 4) is 0 Å². The second-order valence-electron chi connectivity index (χ2n) is 7.31. The maximum Gasteiger partial charge on any atom is 0.240 e. The van der Waals surface area contributed by atoms with Crippen LogP contribution in [0.15, 0.2) is 18.2 Å². The molecule has 5 heteroatoms. The Labute approximate surface area is 144 Å². The molecule has 2 fully saturated rings. The second-order valence-corrected chi connectivity index (χ2v) is 7.31. The van der Waals surface area contributed by atoms with Gasteiger partial charge in [0.1, 0.15) is 0 Å². The van der Waals surface area contributed by atoms with E-state index >= 15 is 0 Å². The molecule has 3 atom stereocenters. The standard InChI is InChI=1S/C19H27N3O2/c1-12-5-6-16(13(2)7-12)9-21-11-18-8-17(20-15(4)23)10-22(18)19(24)14(21)3/h5-7,14,17-18H,8-11H2,1-4H3,(H,20,23)/t14-,17-,18-/m0/s1. The number of hydrogen-bond donors (Lipinski definition) is 1. The number of carbonyl (C=O) groups is 2. The van der Waals surface area contributed by atoms with Crippen molar-refractivity contribution in [3.05, 3.63) is 34.9 Å². The van der Waals surface area contributed by atoms with Gasteiger partial charge >= 0.3 is 0 Å². The molecule has 0 spiro atoms. The molecule has 0 bridgehead atoms. The van der Waals surface area contributed by atoms with E-state index in [0.717, 1.165) is 19.5 Å². The molecule has 1 aromatic rings. The lowest BCUT2D eigenvalue weighted by Crippen LogP contribution is -2.58. The van der Waals surface area contributed by atoms with Crippen LogP contribution in [0.4, 0.5) is 0 Å². The van der Waals surface area contributed by atoms with Gasteiger partial charge in [0.2, 0.25) is 11.8 Å². The molecule has 3 rings (SSSR count). The summed E-state index contributed by atoms with van der Waals surface area (Å²) in [5, 5.41) is 2.96. The van der Waals surface area contributed by atoms with Crippen LogP contribution in [0.3, 0.4) is 0 Å². The zero-order valence-electron chi connectivity index (χ0n) is 15.0. The molecule has 0 aliphatic carbocycles. The third kappa shape index (κ3) is 3.31. The SMILES string of the molecule is CC(=O)N[C@H]1C[C@H]2CN(Cc3ccc(C)cc3C)[C@@H](C)C(=O)N2C1. The third-order valence-electron chi connectivity index (χ3n) is 5.33. The number of nitrogens with zero attached hydrogens (tertiary/aromatic N) is 2. The number of amides is 2. The summed E-state index contributed by atoms with van der Waals surface area (Å²) in [6.45, 7) is 10.1. The Morgan fingerprint density at radius 1 is 1.29 bits per heavy atom. The Morgan fingerprint density at radius 3 is 2.71 bits per heavy atom. The number of fused-ring (bicyclic) bond motifs is 1. The van der Waals surface area contributed by atoms with Gasteiger partial charge in [-0.3, -0.25) is 14.5 Å². The van der Waals surface area contributed by atoms with Gasteiger partial charge in [-0.1, -0.05) is 23.8 Å². The van der Waals surface area contributed by atoms with E-state index < -0.39 is 0 Å². The maximum absolute atomic E-state index is 12.7. The van der Waals surface area contributed by atoms with Gasteiger partial charge in [-0.2, -0.15) is 0 Å². The van der Waals surface area contributed by atoms with Gasteiger partial charge < -0.3 is 10.2 Å². The molecule has 5 nitrogen and oxygen atoms in total. The first-order valence-corrected chi connectivity index (χ1v) is 8.73. The number of carbonyl (C=O) groups excluding carboxylic acids is 2. The van der Waals surface area contributed by atoms with Gasteiger partial charge in [0.25, 0.3) is 0 Å². The minimum Gasteiger partial charge on any atom is -0.352 e. The molecular weight excluding hydrogens is 302 g/mol. The lowest BCUT2D eigenvalue weighted by molar-refractivity contribution is -0.143. The van der Waals surface area contributed by atoms with Crippen LogP contribution in [0.1, 0.15) is 37.0 Å². The van der Waals surface area contributed by atoms with E-state index in [1.807, 2.05) is 11.8 Å². The molecule has 0 aromatic heterocycles. The molecule has 2 aliphatic rings. The number of aryl methyl sites for hydroxylation is 2. The first-order valence-electron chi connectivity index (χ1n) is 8.73. The minimum absolute atomic E-state index is 0.0209. The van der Waals surface area contributed by atoms with Crippen molar-refractivity contribution in [2.45, 2.75) is 58.8 Å². The first-order chi connectivity index (χ1) is 11.3. The fourth-order valence-electron chi connectivity index (χ4n) is 4.02. The number of benzene rings is 1. The Bertz CT molecular complexity index is 658. The predicted molar refractivity (Wildman–Crippen MR) is 93.5 cm³/mol. The average molecular weight is 329 g/mol. The zero-order valence-corrected chi connectivity index (χ0v) is 15.0. The van der Waals surface area contributed by atoms with Crippen molar-refractivity contribution < 1.29 is 9.59 Å². The van der Waals surface area contributed by atoms with E-state index in [0.29, 0.717) is 6.54 Å². The summed E-state index contributed by atoms with van der Waals surface area (Å²) < 4.78 is 0. The zero-order chi connectivity index (χ0) is 17.4. The van der Waals surface area contributed by atoms with Crippen LogP contribution >= 0.6 is 0 Å².